The van der Waals surface area contributed by atoms with Gasteiger partial charge in [0.2, 0.25) is 5.91 Å². The van der Waals surface area contributed by atoms with E-state index in [9.17, 15) is 14.4 Å². The maximum Gasteiger partial charge on any atom is 0.305 e. The molecule has 2 N–H and O–H groups in total. The second-order valence-electron chi connectivity index (χ2n) is 9.46. The Kier molecular flexibility index (Phi) is 30.3. The topological polar surface area (TPSA) is 139 Å². The fourth-order valence-corrected chi connectivity index (χ4v) is 3.56. The van der Waals surface area contributed by atoms with Crippen LogP contribution in [0.2, 0.25) is 0 Å². The van der Waals surface area contributed by atoms with Gasteiger partial charge >= 0.3 is 11.9 Å². The molecule has 0 aliphatic heterocycles. The molecule has 236 valence electrons. The third kappa shape index (κ3) is 32.4. The summed E-state index contributed by atoms with van der Waals surface area (Å²) >= 11 is 0. The highest BCUT2D eigenvalue weighted by atomic mass is 16.6. The van der Waals surface area contributed by atoms with E-state index in [-0.39, 0.29) is 31.3 Å². The molecule has 0 bridgehead atoms. The summed E-state index contributed by atoms with van der Waals surface area (Å²) in [6.45, 7) is 7.49. The van der Waals surface area contributed by atoms with Crippen molar-refractivity contribution >= 4 is 17.8 Å². The average molecular weight is 578 g/mol. The fourth-order valence-electron chi connectivity index (χ4n) is 3.56. The van der Waals surface area contributed by atoms with Crippen molar-refractivity contribution in [3.63, 3.8) is 0 Å². The van der Waals surface area contributed by atoms with Gasteiger partial charge in [-0.25, -0.2) is 0 Å². The minimum atomic E-state index is -0.981. The SMILES string of the molecule is CCCCCCCCCCCC(=O)OCCOCCOCCOCCOCCOCCCNC(=O)CCC(=O)O. The summed E-state index contributed by atoms with van der Waals surface area (Å²) in [5.74, 6) is -1.39. The van der Waals surface area contributed by atoms with Gasteiger partial charge in [0.05, 0.1) is 65.9 Å². The first kappa shape index (κ1) is 38.2. The van der Waals surface area contributed by atoms with Gasteiger partial charge in [-0.3, -0.25) is 14.4 Å². The number of rotatable bonds is 32. The average Bonchev–Trinajstić information content (AvgIpc) is 2.94. The second-order valence-corrected chi connectivity index (χ2v) is 9.46. The summed E-state index contributed by atoms with van der Waals surface area (Å²) in [4.78, 5) is 33.4. The Morgan fingerprint density at radius 2 is 0.975 bits per heavy atom. The van der Waals surface area contributed by atoms with Crippen LogP contribution >= 0.6 is 0 Å². The number of aliphatic carboxylic acids is 1. The molecule has 0 spiro atoms. The summed E-state index contributed by atoms with van der Waals surface area (Å²) in [5.41, 5.74) is 0. The maximum atomic E-state index is 11.7. The molecule has 0 heterocycles. The molecule has 0 atom stereocenters. The Morgan fingerprint density at radius 3 is 1.48 bits per heavy atom. The second kappa shape index (κ2) is 31.7. The largest absolute Gasteiger partial charge is 0.481 e. The van der Waals surface area contributed by atoms with E-state index in [1.807, 2.05) is 0 Å². The Morgan fingerprint density at radius 1 is 0.525 bits per heavy atom. The lowest BCUT2D eigenvalue weighted by Crippen LogP contribution is -2.25. The smallest absolute Gasteiger partial charge is 0.305 e. The van der Waals surface area contributed by atoms with Crippen LogP contribution in [0.4, 0.5) is 0 Å². The van der Waals surface area contributed by atoms with E-state index in [0.29, 0.717) is 85.5 Å². The lowest BCUT2D eigenvalue weighted by molar-refractivity contribution is -0.145. The van der Waals surface area contributed by atoms with Gasteiger partial charge in [-0.05, 0) is 12.8 Å². The van der Waals surface area contributed by atoms with Crippen molar-refractivity contribution in [3.05, 3.63) is 0 Å². The number of ether oxygens (including phenoxy) is 6. The first-order chi connectivity index (χ1) is 19.6. The normalized spacial score (nSPS) is 11.0. The number of nitrogens with one attached hydrogen (secondary N) is 1. The van der Waals surface area contributed by atoms with Crippen LogP contribution in [0.3, 0.4) is 0 Å². The van der Waals surface area contributed by atoms with Crippen LogP contribution in [-0.2, 0) is 42.8 Å². The third-order valence-electron chi connectivity index (χ3n) is 5.82. The molecule has 1 amide bonds. The van der Waals surface area contributed by atoms with Gasteiger partial charge in [-0.2, -0.15) is 0 Å². The van der Waals surface area contributed by atoms with Crippen molar-refractivity contribution < 1.29 is 47.9 Å². The zero-order valence-electron chi connectivity index (χ0n) is 24.8. The van der Waals surface area contributed by atoms with E-state index < -0.39 is 5.97 Å². The van der Waals surface area contributed by atoms with E-state index in [2.05, 4.69) is 12.2 Å². The molecule has 0 aromatic rings. The highest BCUT2D eigenvalue weighted by Crippen LogP contribution is 2.10. The number of amides is 1. The molecule has 40 heavy (non-hydrogen) atoms. The van der Waals surface area contributed by atoms with Crippen molar-refractivity contribution in [2.24, 2.45) is 0 Å². The van der Waals surface area contributed by atoms with E-state index >= 15 is 0 Å². The van der Waals surface area contributed by atoms with Crippen LogP contribution in [0, 0.1) is 0 Å². The highest BCUT2D eigenvalue weighted by Gasteiger charge is 2.04. The van der Waals surface area contributed by atoms with Crippen molar-refractivity contribution in [1.29, 1.82) is 0 Å². The van der Waals surface area contributed by atoms with Crippen LogP contribution in [0.1, 0.15) is 90.4 Å². The molecule has 0 radical (unpaired) electrons. The number of carboxylic acid groups (broad SMARTS) is 1. The number of unbranched alkanes of at least 4 members (excludes halogenated alkanes) is 8. The van der Waals surface area contributed by atoms with Crippen molar-refractivity contribution in [2.75, 3.05) is 79.2 Å². The maximum absolute atomic E-state index is 11.7. The molecule has 11 nitrogen and oxygen atoms in total. The predicted octanol–water partition coefficient (Wildman–Crippen LogP) is 3.90. The van der Waals surface area contributed by atoms with Gasteiger partial charge < -0.3 is 38.8 Å². The Labute approximate surface area is 240 Å². The van der Waals surface area contributed by atoms with Gasteiger partial charge in [0.25, 0.3) is 0 Å². The lowest BCUT2D eigenvalue weighted by Gasteiger charge is -2.08. The van der Waals surface area contributed by atoms with Gasteiger partial charge in [0.1, 0.15) is 6.61 Å². The van der Waals surface area contributed by atoms with Gasteiger partial charge in [-0.1, -0.05) is 58.3 Å². The van der Waals surface area contributed by atoms with Crippen LogP contribution in [0.5, 0.6) is 0 Å². The summed E-state index contributed by atoms with van der Waals surface area (Å²) in [6, 6.07) is 0. The lowest BCUT2D eigenvalue weighted by atomic mass is 10.1. The number of carboxylic acids is 1. The van der Waals surface area contributed by atoms with Crippen LogP contribution < -0.4 is 5.32 Å². The first-order valence-corrected chi connectivity index (χ1v) is 15.1. The molecule has 0 rings (SSSR count). The minimum Gasteiger partial charge on any atom is -0.481 e. The zero-order chi connectivity index (χ0) is 29.4. The van der Waals surface area contributed by atoms with Crippen LogP contribution in [0.15, 0.2) is 0 Å². The van der Waals surface area contributed by atoms with Gasteiger partial charge in [0, 0.05) is 26.0 Å². The number of carbonyl (C=O) groups excluding carboxylic acids is 2. The van der Waals surface area contributed by atoms with E-state index in [4.69, 9.17) is 33.5 Å². The number of carbonyl (C=O) groups is 3. The number of esters is 1. The zero-order valence-corrected chi connectivity index (χ0v) is 24.8. The van der Waals surface area contributed by atoms with Gasteiger partial charge in [-0.15, -0.1) is 0 Å². The van der Waals surface area contributed by atoms with Crippen LogP contribution in [0.25, 0.3) is 0 Å². The molecular formula is C29H55NO10. The molecule has 0 aliphatic rings. The molecule has 0 aromatic carbocycles. The Hall–Kier alpha value is -1.79. The predicted molar refractivity (Wildman–Crippen MR) is 151 cm³/mol. The molecule has 0 aliphatic carbocycles. The molecule has 11 heteroatoms. The van der Waals surface area contributed by atoms with Crippen molar-refractivity contribution in [2.45, 2.75) is 90.4 Å². The minimum absolute atomic E-state index is 0.00784. The molecular weight excluding hydrogens is 522 g/mol. The Balaban J connectivity index is 3.17. The summed E-state index contributed by atoms with van der Waals surface area (Å²) in [7, 11) is 0. The van der Waals surface area contributed by atoms with E-state index in [1.165, 1.54) is 44.9 Å². The number of hydrogen-bond acceptors (Lipinski definition) is 9. The highest BCUT2D eigenvalue weighted by molar-refractivity contribution is 5.80. The first-order valence-electron chi connectivity index (χ1n) is 15.1. The fraction of sp³-hybridized carbons (Fsp3) is 0.897. The van der Waals surface area contributed by atoms with Gasteiger partial charge in [0.15, 0.2) is 0 Å². The van der Waals surface area contributed by atoms with Crippen LogP contribution in [-0.4, -0.2) is 102 Å². The quantitative estimate of drug-likeness (QED) is 0.0894. The van der Waals surface area contributed by atoms with E-state index in [1.54, 1.807) is 0 Å². The number of hydrogen-bond donors (Lipinski definition) is 2. The summed E-state index contributed by atoms with van der Waals surface area (Å²) in [6.07, 6.45) is 12.0. The molecule has 0 saturated heterocycles. The Bertz CT molecular complexity index is 591. The molecule has 0 saturated carbocycles. The summed E-state index contributed by atoms with van der Waals surface area (Å²) < 4.78 is 32.3. The van der Waals surface area contributed by atoms with Crippen molar-refractivity contribution in [1.82, 2.24) is 5.32 Å². The van der Waals surface area contributed by atoms with Crippen molar-refractivity contribution in [3.8, 4) is 0 Å². The van der Waals surface area contributed by atoms with E-state index in [0.717, 1.165) is 12.8 Å². The summed E-state index contributed by atoms with van der Waals surface area (Å²) in [5, 5.41) is 11.2. The third-order valence-corrected chi connectivity index (χ3v) is 5.82. The molecule has 0 fully saturated rings. The molecule has 0 unspecified atom stereocenters. The monoisotopic (exact) mass is 577 g/mol. The standard InChI is InChI=1S/C29H55NO10/c1-2-3-4-5-6-7-8-9-10-12-29(34)40-26-25-39-24-23-38-22-21-37-20-19-36-18-17-35-16-11-15-30-27(31)13-14-28(32)33/h2-26H2,1H3,(H,30,31)(H,32,33). The molecule has 0 aromatic heterocycles.